The average Bonchev–Trinajstić information content (AvgIpc) is 3.66. The summed E-state index contributed by atoms with van der Waals surface area (Å²) in [6.45, 7) is 0. The molecule has 0 aliphatic heterocycles. The van der Waals surface area contributed by atoms with E-state index in [0.29, 0.717) is 0 Å². The lowest BCUT2D eigenvalue weighted by Crippen LogP contribution is -2.28. The normalized spacial score (nSPS) is 12.6. The Labute approximate surface area is 362 Å². The highest BCUT2D eigenvalue weighted by Crippen LogP contribution is 2.59. The van der Waals surface area contributed by atoms with E-state index in [1.807, 2.05) is 0 Å². The van der Waals surface area contributed by atoms with Crippen molar-refractivity contribution >= 4 is 49.4 Å². The average molecular weight is 788 g/mol. The highest BCUT2D eigenvalue weighted by molar-refractivity contribution is 6.14. The molecule has 1 heteroatoms. The van der Waals surface area contributed by atoms with Crippen LogP contribution in [0.3, 0.4) is 0 Å². The van der Waals surface area contributed by atoms with Crippen LogP contribution in [-0.2, 0) is 5.41 Å². The van der Waals surface area contributed by atoms with Crippen LogP contribution in [0.15, 0.2) is 249 Å². The number of rotatable bonds is 7. The largest absolute Gasteiger partial charge is 0.310 e. The number of nitrogens with zero attached hydrogens (tertiary/aromatic N) is 1. The highest BCUT2D eigenvalue weighted by Gasteiger charge is 2.47. The van der Waals surface area contributed by atoms with E-state index in [9.17, 15) is 0 Å². The van der Waals surface area contributed by atoms with Gasteiger partial charge in [0.1, 0.15) is 0 Å². The first-order chi connectivity index (χ1) is 30.8. The van der Waals surface area contributed by atoms with Crippen LogP contribution in [0.5, 0.6) is 0 Å². The molecule has 1 aliphatic carbocycles. The van der Waals surface area contributed by atoms with E-state index in [2.05, 4.69) is 254 Å². The summed E-state index contributed by atoms with van der Waals surface area (Å²) >= 11 is 0. The van der Waals surface area contributed by atoms with Crippen molar-refractivity contribution in [3.63, 3.8) is 0 Å². The number of hydrogen-bond donors (Lipinski definition) is 0. The molecule has 0 saturated carbocycles. The van der Waals surface area contributed by atoms with Gasteiger partial charge in [-0.1, -0.05) is 206 Å². The number of fused-ring (bicyclic) bond motifs is 7. The molecule has 0 amide bonds. The quantitative estimate of drug-likeness (QED) is 0.145. The second kappa shape index (κ2) is 14.6. The predicted octanol–water partition coefficient (Wildman–Crippen LogP) is 16.3. The fraction of sp³-hybridized carbons (Fsp3) is 0.0164. The van der Waals surface area contributed by atoms with Gasteiger partial charge < -0.3 is 4.90 Å². The highest BCUT2D eigenvalue weighted by atomic mass is 15.1. The fourth-order valence-electron chi connectivity index (χ4n) is 10.4. The molecule has 0 aromatic heterocycles. The zero-order valence-corrected chi connectivity index (χ0v) is 34.1. The second-order valence-corrected chi connectivity index (χ2v) is 16.4. The standard InChI is InChI=1S/C61H41N/c1-3-21-48(22-4-1)61(49-23-5-2-6-24-49)57-30-14-13-29-55(57)60-58(61)31-16-32-59(60)62(50-37-35-43(36-38-50)45-34-33-42-17-7-8-18-44(42)39-45)51-25-15-20-46(40-51)56-41-47-19-9-10-26-52(47)53-27-11-12-28-54(53)56/h1-41H. The maximum absolute atomic E-state index is 2.48. The Hall–Kier alpha value is -8.00. The van der Waals surface area contributed by atoms with Crippen LogP contribution in [-0.4, -0.2) is 0 Å². The van der Waals surface area contributed by atoms with Crippen molar-refractivity contribution in [3.05, 3.63) is 271 Å². The summed E-state index contributed by atoms with van der Waals surface area (Å²) in [5.41, 5.74) is 15.2. The SMILES string of the molecule is c1ccc(C2(c3ccccc3)c3ccccc3-c3c(N(c4ccc(-c5ccc6ccccc6c5)cc4)c4cccc(-c5cc6ccccc6c6ccccc56)c4)cccc32)cc1. The zero-order chi connectivity index (χ0) is 41.0. The van der Waals surface area contributed by atoms with Gasteiger partial charge in [0.25, 0.3) is 0 Å². The van der Waals surface area contributed by atoms with Crippen LogP contribution in [0.2, 0.25) is 0 Å². The Bertz CT molecular complexity index is 3420. The van der Waals surface area contributed by atoms with Crippen molar-refractivity contribution in [3.8, 4) is 33.4 Å². The monoisotopic (exact) mass is 787 g/mol. The van der Waals surface area contributed by atoms with Gasteiger partial charge >= 0.3 is 0 Å². The minimum atomic E-state index is -0.512. The van der Waals surface area contributed by atoms with E-state index < -0.39 is 5.41 Å². The molecule has 11 aromatic rings. The minimum absolute atomic E-state index is 0.512. The van der Waals surface area contributed by atoms with E-state index >= 15 is 0 Å². The Morgan fingerprint density at radius 3 is 1.66 bits per heavy atom. The van der Waals surface area contributed by atoms with Crippen molar-refractivity contribution in [2.45, 2.75) is 5.41 Å². The maximum Gasteiger partial charge on any atom is 0.0714 e. The van der Waals surface area contributed by atoms with Crippen LogP contribution in [0.25, 0.3) is 65.7 Å². The molecule has 0 fully saturated rings. The van der Waals surface area contributed by atoms with E-state index in [1.54, 1.807) is 0 Å². The minimum Gasteiger partial charge on any atom is -0.310 e. The van der Waals surface area contributed by atoms with Crippen LogP contribution in [0.4, 0.5) is 17.1 Å². The first kappa shape index (κ1) is 35.9. The van der Waals surface area contributed by atoms with Gasteiger partial charge in [0.15, 0.2) is 0 Å². The van der Waals surface area contributed by atoms with Gasteiger partial charge in [-0.2, -0.15) is 0 Å². The molecular formula is C61H41N. The molecule has 62 heavy (non-hydrogen) atoms. The van der Waals surface area contributed by atoms with E-state index in [1.165, 1.54) is 88.0 Å². The molecule has 0 spiro atoms. The fourth-order valence-corrected chi connectivity index (χ4v) is 10.4. The Morgan fingerprint density at radius 2 is 0.887 bits per heavy atom. The number of hydrogen-bond acceptors (Lipinski definition) is 1. The predicted molar refractivity (Wildman–Crippen MR) is 262 cm³/mol. The molecule has 11 aromatic carbocycles. The summed E-state index contributed by atoms with van der Waals surface area (Å²) < 4.78 is 0. The van der Waals surface area contributed by atoms with Crippen molar-refractivity contribution in [2.75, 3.05) is 4.90 Å². The van der Waals surface area contributed by atoms with Gasteiger partial charge in [0, 0.05) is 16.9 Å². The molecule has 0 saturated heterocycles. The van der Waals surface area contributed by atoms with Crippen molar-refractivity contribution in [1.29, 1.82) is 0 Å². The summed E-state index contributed by atoms with van der Waals surface area (Å²) in [4.78, 5) is 2.48. The van der Waals surface area contributed by atoms with Gasteiger partial charge in [0.2, 0.25) is 0 Å². The number of benzene rings is 11. The van der Waals surface area contributed by atoms with Crippen LogP contribution < -0.4 is 4.90 Å². The summed E-state index contributed by atoms with van der Waals surface area (Å²) in [6, 6.07) is 91.7. The third-order valence-electron chi connectivity index (χ3n) is 13.1. The van der Waals surface area contributed by atoms with Crippen LogP contribution >= 0.6 is 0 Å². The smallest absolute Gasteiger partial charge is 0.0714 e. The lowest BCUT2D eigenvalue weighted by molar-refractivity contribution is 0.768. The third kappa shape index (κ3) is 5.63. The topological polar surface area (TPSA) is 3.24 Å². The van der Waals surface area contributed by atoms with E-state index in [4.69, 9.17) is 0 Å². The lowest BCUT2D eigenvalue weighted by Gasteiger charge is -2.34. The number of anilines is 3. The zero-order valence-electron chi connectivity index (χ0n) is 34.1. The maximum atomic E-state index is 2.48. The molecule has 0 N–H and O–H groups in total. The molecule has 0 bridgehead atoms. The lowest BCUT2D eigenvalue weighted by atomic mass is 9.68. The molecule has 1 aliphatic rings. The Kier molecular flexibility index (Phi) is 8.47. The first-order valence-electron chi connectivity index (χ1n) is 21.5. The van der Waals surface area contributed by atoms with Crippen molar-refractivity contribution in [1.82, 2.24) is 0 Å². The van der Waals surface area contributed by atoms with Crippen LogP contribution in [0.1, 0.15) is 22.3 Å². The summed E-state index contributed by atoms with van der Waals surface area (Å²) in [6.07, 6.45) is 0. The van der Waals surface area contributed by atoms with Gasteiger partial charge in [-0.15, -0.1) is 0 Å². The molecule has 0 atom stereocenters. The van der Waals surface area contributed by atoms with Gasteiger partial charge in [-0.3, -0.25) is 0 Å². The Balaban J connectivity index is 1.10. The second-order valence-electron chi connectivity index (χ2n) is 16.4. The van der Waals surface area contributed by atoms with E-state index in [0.717, 1.165) is 17.1 Å². The van der Waals surface area contributed by atoms with Gasteiger partial charge in [0.05, 0.1) is 11.1 Å². The van der Waals surface area contributed by atoms with Crippen molar-refractivity contribution in [2.24, 2.45) is 0 Å². The molecular weight excluding hydrogens is 747 g/mol. The molecule has 12 rings (SSSR count). The summed E-state index contributed by atoms with van der Waals surface area (Å²) in [5.74, 6) is 0. The first-order valence-corrected chi connectivity index (χ1v) is 21.5. The van der Waals surface area contributed by atoms with Crippen LogP contribution in [0, 0.1) is 0 Å². The van der Waals surface area contributed by atoms with Gasteiger partial charge in [-0.25, -0.2) is 0 Å². The molecule has 0 radical (unpaired) electrons. The third-order valence-corrected chi connectivity index (χ3v) is 13.1. The van der Waals surface area contributed by atoms with E-state index in [-0.39, 0.29) is 0 Å². The Morgan fingerprint density at radius 1 is 0.290 bits per heavy atom. The molecule has 0 unspecified atom stereocenters. The van der Waals surface area contributed by atoms with Gasteiger partial charge in [-0.05, 0) is 125 Å². The molecule has 290 valence electrons. The molecule has 1 nitrogen and oxygen atoms in total. The summed E-state index contributed by atoms with van der Waals surface area (Å²) in [5, 5.41) is 7.52. The van der Waals surface area contributed by atoms with Crippen molar-refractivity contribution < 1.29 is 0 Å². The summed E-state index contributed by atoms with van der Waals surface area (Å²) in [7, 11) is 0. The molecule has 0 heterocycles.